The van der Waals surface area contributed by atoms with Crippen LogP contribution in [0.1, 0.15) is 70.3 Å². The summed E-state index contributed by atoms with van der Waals surface area (Å²) in [5, 5.41) is 6.21. The number of rotatable bonds is 7. The Balaban J connectivity index is 1.19. The van der Waals surface area contributed by atoms with Crippen molar-refractivity contribution in [1.82, 2.24) is 19.9 Å². The number of halogens is 3. The first-order chi connectivity index (χ1) is 24.7. The van der Waals surface area contributed by atoms with Crippen molar-refractivity contribution >= 4 is 55.0 Å². The topological polar surface area (TPSA) is 147 Å². The van der Waals surface area contributed by atoms with Gasteiger partial charge in [-0.15, -0.1) is 0 Å². The number of thiazole rings is 1. The SMILES string of the molecule is CC1(S(=O)(=O)NC(=O)[C@@]23C[C@@H]2/C=C\CCCCC[C@H](Nc2cccc(C(F)(F)F)c2)C(=O)N2C[C@H](Oc4nc5ccccc5s4)C[C@H]2C(=O)N3)CC1. The molecule has 52 heavy (non-hydrogen) atoms. The van der Waals surface area contributed by atoms with Gasteiger partial charge in [-0.3, -0.25) is 19.1 Å². The molecule has 2 aliphatic heterocycles. The molecule has 2 saturated carbocycles. The van der Waals surface area contributed by atoms with Crippen LogP contribution in [-0.4, -0.2) is 71.0 Å². The number of sulfonamides is 1. The highest BCUT2D eigenvalue weighted by atomic mass is 32.2. The molecule has 3 amide bonds. The molecule has 16 heteroatoms. The Kier molecular flexibility index (Phi) is 9.51. The maximum Gasteiger partial charge on any atom is 0.416 e. The molecule has 0 spiro atoms. The van der Waals surface area contributed by atoms with Gasteiger partial charge in [0.25, 0.3) is 11.1 Å². The van der Waals surface area contributed by atoms with Crippen molar-refractivity contribution in [2.24, 2.45) is 5.92 Å². The zero-order valence-electron chi connectivity index (χ0n) is 28.4. The van der Waals surface area contributed by atoms with E-state index in [-0.39, 0.29) is 25.1 Å². The molecule has 3 fully saturated rings. The number of hydrogen-bond acceptors (Lipinski definition) is 9. The number of amides is 3. The lowest BCUT2D eigenvalue weighted by Crippen LogP contribution is -2.58. The third-order valence-electron chi connectivity index (χ3n) is 10.5. The van der Waals surface area contributed by atoms with Gasteiger partial charge < -0.3 is 20.3 Å². The fourth-order valence-corrected chi connectivity index (χ4v) is 9.17. The molecule has 3 heterocycles. The molecule has 0 radical (unpaired) electrons. The van der Waals surface area contributed by atoms with Crippen molar-refractivity contribution in [2.45, 2.75) is 99.4 Å². The van der Waals surface area contributed by atoms with Gasteiger partial charge >= 0.3 is 6.18 Å². The lowest BCUT2D eigenvalue weighted by atomic mass is 10.0. The van der Waals surface area contributed by atoms with E-state index in [1.807, 2.05) is 36.4 Å². The van der Waals surface area contributed by atoms with Crippen LogP contribution in [0.25, 0.3) is 10.2 Å². The molecule has 2 aromatic carbocycles. The number of allylic oxidation sites excluding steroid dienone is 1. The van der Waals surface area contributed by atoms with Crippen molar-refractivity contribution in [3.05, 3.63) is 66.2 Å². The molecule has 0 unspecified atom stereocenters. The first-order valence-electron chi connectivity index (χ1n) is 17.5. The van der Waals surface area contributed by atoms with Gasteiger partial charge in [0.15, 0.2) is 0 Å². The van der Waals surface area contributed by atoms with Gasteiger partial charge in [-0.25, -0.2) is 13.4 Å². The summed E-state index contributed by atoms with van der Waals surface area (Å²) in [5.41, 5.74) is -1.57. The Labute approximate surface area is 303 Å². The van der Waals surface area contributed by atoms with Crippen molar-refractivity contribution in [1.29, 1.82) is 0 Å². The number of ether oxygens (including phenoxy) is 1. The number of nitrogens with zero attached hydrogens (tertiary/aromatic N) is 2. The minimum atomic E-state index is -4.58. The highest BCUT2D eigenvalue weighted by Gasteiger charge is 2.63. The van der Waals surface area contributed by atoms with Crippen LogP contribution in [0.5, 0.6) is 5.19 Å². The van der Waals surface area contributed by atoms with E-state index < -0.39 is 73.9 Å². The Bertz CT molecular complexity index is 1980. The molecule has 1 saturated heterocycles. The average molecular weight is 760 g/mol. The van der Waals surface area contributed by atoms with Crippen LogP contribution in [0.4, 0.5) is 18.9 Å². The summed E-state index contributed by atoms with van der Waals surface area (Å²) in [7, 11) is -4.00. The first kappa shape index (κ1) is 36.2. The van der Waals surface area contributed by atoms with Gasteiger partial charge in [0.05, 0.1) is 27.1 Å². The molecule has 4 aliphatic rings. The molecule has 3 aromatic rings. The number of para-hydroxylation sites is 1. The maximum absolute atomic E-state index is 14.5. The standard InChI is InChI=1S/C36H40F3N5O6S2/c1-34(16-17-34)52(48,49)43-32(47)35-20-23(35)10-5-3-2-4-6-14-27(40-24-12-9-11-22(18-24)36(37,38)39)31(46)44-21-25(19-28(44)30(45)42-35)50-33-41-26-13-7-8-15-29(26)51-33/h5,7-13,15,18,23,25,27-28,40H,2-4,6,14,16-17,19-21H2,1H3,(H,42,45)(H,43,47)/b10-5-/t23-,25+,27-,28-,35+/m0/s1. The molecule has 3 N–H and O–H groups in total. The maximum atomic E-state index is 14.5. The summed E-state index contributed by atoms with van der Waals surface area (Å²) in [6.07, 6.45) is 2.53. The van der Waals surface area contributed by atoms with Gasteiger partial charge in [-0.2, -0.15) is 13.2 Å². The zero-order valence-corrected chi connectivity index (χ0v) is 30.1. The van der Waals surface area contributed by atoms with Crippen molar-refractivity contribution in [3.8, 4) is 5.19 Å². The van der Waals surface area contributed by atoms with Gasteiger partial charge in [0.1, 0.15) is 23.7 Å². The lowest BCUT2D eigenvalue weighted by molar-refractivity contribution is -0.140. The summed E-state index contributed by atoms with van der Waals surface area (Å²) < 4.78 is 75.2. The molecular weight excluding hydrogens is 720 g/mol. The van der Waals surface area contributed by atoms with Gasteiger partial charge in [-0.1, -0.05) is 54.5 Å². The molecule has 278 valence electrons. The summed E-state index contributed by atoms with van der Waals surface area (Å²) in [5.74, 6) is -2.44. The highest BCUT2D eigenvalue weighted by molar-refractivity contribution is 7.91. The largest absolute Gasteiger partial charge is 0.465 e. The smallest absolute Gasteiger partial charge is 0.416 e. The van der Waals surface area contributed by atoms with Crippen molar-refractivity contribution in [2.75, 3.05) is 11.9 Å². The van der Waals surface area contributed by atoms with Crippen LogP contribution < -0.4 is 20.1 Å². The summed E-state index contributed by atoms with van der Waals surface area (Å²) in [4.78, 5) is 48.4. The number of nitrogens with one attached hydrogen (secondary N) is 3. The third kappa shape index (κ3) is 7.36. The van der Waals surface area contributed by atoms with Gasteiger partial charge in [0, 0.05) is 18.0 Å². The Morgan fingerprint density at radius 1 is 1.10 bits per heavy atom. The molecular formula is C36H40F3N5O6S2. The normalized spacial score (nSPS) is 28.4. The van der Waals surface area contributed by atoms with Crippen LogP contribution in [-0.2, 0) is 30.6 Å². The average Bonchev–Trinajstić information content (AvgIpc) is 3.90. The second-order valence-corrected chi connectivity index (χ2v) is 17.6. The van der Waals surface area contributed by atoms with E-state index >= 15 is 0 Å². The van der Waals surface area contributed by atoms with E-state index in [0.29, 0.717) is 37.3 Å². The lowest BCUT2D eigenvalue weighted by Gasteiger charge is -2.30. The number of carbonyl (C=O) groups excluding carboxylic acids is 3. The number of benzene rings is 2. The predicted octanol–water partition coefficient (Wildman–Crippen LogP) is 5.54. The predicted molar refractivity (Wildman–Crippen MR) is 189 cm³/mol. The minimum Gasteiger partial charge on any atom is -0.465 e. The molecule has 1 aromatic heterocycles. The highest BCUT2D eigenvalue weighted by Crippen LogP contribution is 2.47. The van der Waals surface area contributed by atoms with Crippen molar-refractivity contribution < 1.29 is 40.7 Å². The molecule has 2 aliphatic carbocycles. The fourth-order valence-electron chi connectivity index (χ4n) is 6.98. The van der Waals surface area contributed by atoms with E-state index in [4.69, 9.17) is 4.74 Å². The number of anilines is 1. The van der Waals surface area contributed by atoms with E-state index in [0.717, 1.165) is 35.2 Å². The Morgan fingerprint density at radius 3 is 2.63 bits per heavy atom. The molecule has 11 nitrogen and oxygen atoms in total. The summed E-state index contributed by atoms with van der Waals surface area (Å²) >= 11 is 1.32. The number of carbonyl (C=O) groups is 3. The van der Waals surface area contributed by atoms with E-state index in [1.54, 1.807) is 6.92 Å². The quantitative estimate of drug-likeness (QED) is 0.267. The molecule has 5 atom stereocenters. The van der Waals surface area contributed by atoms with Crippen LogP contribution in [0.3, 0.4) is 0 Å². The number of aromatic nitrogens is 1. The van der Waals surface area contributed by atoms with Crippen LogP contribution in [0.2, 0.25) is 0 Å². The summed E-state index contributed by atoms with van der Waals surface area (Å²) in [6.45, 7) is 1.54. The second-order valence-electron chi connectivity index (χ2n) is 14.4. The van der Waals surface area contributed by atoms with Crippen LogP contribution >= 0.6 is 11.3 Å². The van der Waals surface area contributed by atoms with Gasteiger partial charge in [0.2, 0.25) is 21.8 Å². The third-order valence-corrected chi connectivity index (χ3v) is 13.6. The number of hydrogen-bond donors (Lipinski definition) is 3. The monoisotopic (exact) mass is 759 g/mol. The van der Waals surface area contributed by atoms with Crippen LogP contribution in [0.15, 0.2) is 60.7 Å². The van der Waals surface area contributed by atoms with Crippen LogP contribution in [0, 0.1) is 5.92 Å². The Morgan fingerprint density at radius 2 is 1.88 bits per heavy atom. The number of fused-ring (bicyclic) bond motifs is 3. The number of alkyl halides is 3. The zero-order chi connectivity index (χ0) is 36.9. The van der Waals surface area contributed by atoms with E-state index in [2.05, 4.69) is 20.3 Å². The van der Waals surface area contributed by atoms with E-state index in [1.165, 1.54) is 28.4 Å². The first-order valence-corrected chi connectivity index (χ1v) is 19.8. The van der Waals surface area contributed by atoms with Crippen molar-refractivity contribution in [3.63, 3.8) is 0 Å². The van der Waals surface area contributed by atoms with Gasteiger partial charge in [-0.05, 0) is 75.8 Å². The van der Waals surface area contributed by atoms with E-state index in [9.17, 15) is 36.0 Å². The summed E-state index contributed by atoms with van der Waals surface area (Å²) in [6, 6.07) is 9.99. The second kappa shape index (κ2) is 13.7. The molecule has 7 rings (SSSR count). The Hall–Kier alpha value is -4.18. The fraction of sp³-hybridized carbons (Fsp3) is 0.500. The minimum absolute atomic E-state index is 0.0249. The molecule has 0 bridgehead atoms.